The van der Waals surface area contributed by atoms with Crippen molar-refractivity contribution in [1.82, 2.24) is 9.80 Å². The maximum atomic E-state index is 12.0. The number of likely N-dealkylation sites (tertiary alicyclic amines) is 2. The molecule has 4 rings (SSSR count). The van der Waals surface area contributed by atoms with Crippen LogP contribution in [0.25, 0.3) is 0 Å². The summed E-state index contributed by atoms with van der Waals surface area (Å²) in [5, 5.41) is 0. The summed E-state index contributed by atoms with van der Waals surface area (Å²) in [5.41, 5.74) is 1.63. The maximum Gasteiger partial charge on any atom is 0.219 e. The monoisotopic (exact) mass is 372 g/mol. The lowest BCUT2D eigenvalue weighted by Gasteiger charge is -2.30. The second-order valence-corrected chi connectivity index (χ2v) is 8.65. The molecule has 3 aliphatic heterocycles. The molecule has 1 amide bonds. The minimum absolute atomic E-state index is 0.223. The lowest BCUT2D eigenvalue weighted by atomic mass is 9.76. The molecule has 0 N–H and O–H groups in total. The number of amides is 1. The Morgan fingerprint density at radius 2 is 1.85 bits per heavy atom. The quantitative estimate of drug-likeness (QED) is 0.794. The number of hydrogen-bond donors (Lipinski definition) is 0. The highest BCUT2D eigenvalue weighted by Crippen LogP contribution is 2.46. The second-order valence-electron chi connectivity index (χ2n) is 8.65. The van der Waals surface area contributed by atoms with Crippen molar-refractivity contribution in [3.05, 3.63) is 35.9 Å². The van der Waals surface area contributed by atoms with Crippen molar-refractivity contribution in [3.63, 3.8) is 0 Å². The molecule has 0 aliphatic carbocycles. The Balaban J connectivity index is 1.42. The van der Waals surface area contributed by atoms with Crippen molar-refractivity contribution >= 4 is 5.91 Å². The Kier molecular flexibility index (Phi) is 5.81. The maximum absolute atomic E-state index is 12.0. The number of hydrogen-bond acceptors (Lipinski definition) is 4. The van der Waals surface area contributed by atoms with Crippen LogP contribution in [-0.2, 0) is 20.7 Å². The van der Waals surface area contributed by atoms with E-state index >= 15 is 0 Å². The van der Waals surface area contributed by atoms with Crippen molar-refractivity contribution in [2.45, 2.75) is 19.8 Å². The molecule has 0 bridgehead atoms. The van der Waals surface area contributed by atoms with E-state index in [4.69, 9.17) is 9.47 Å². The number of fused-ring (bicyclic) bond motifs is 1. The van der Waals surface area contributed by atoms with Crippen LogP contribution in [0.3, 0.4) is 0 Å². The number of ether oxygens (including phenoxy) is 2. The van der Waals surface area contributed by atoms with Gasteiger partial charge in [-0.2, -0.15) is 0 Å². The van der Waals surface area contributed by atoms with E-state index in [0.29, 0.717) is 25.0 Å². The summed E-state index contributed by atoms with van der Waals surface area (Å²) < 4.78 is 11.4. The van der Waals surface area contributed by atoms with Gasteiger partial charge in [0.15, 0.2) is 0 Å². The first-order valence-electron chi connectivity index (χ1n) is 10.3. The average Bonchev–Trinajstić information content (AvgIpc) is 3.04. The lowest BCUT2D eigenvalue weighted by Crippen LogP contribution is -2.38. The molecule has 0 saturated carbocycles. The van der Waals surface area contributed by atoms with Crippen molar-refractivity contribution in [2.24, 2.45) is 17.3 Å². The minimum Gasteiger partial charge on any atom is -0.379 e. The lowest BCUT2D eigenvalue weighted by molar-refractivity contribution is -0.128. The van der Waals surface area contributed by atoms with Crippen molar-refractivity contribution in [3.8, 4) is 0 Å². The van der Waals surface area contributed by atoms with Crippen LogP contribution in [0.15, 0.2) is 30.3 Å². The Morgan fingerprint density at radius 3 is 2.56 bits per heavy atom. The molecule has 3 saturated heterocycles. The molecule has 27 heavy (non-hydrogen) atoms. The summed E-state index contributed by atoms with van der Waals surface area (Å²) >= 11 is 0. The summed E-state index contributed by atoms with van der Waals surface area (Å²) in [4.78, 5) is 16.7. The summed E-state index contributed by atoms with van der Waals surface area (Å²) in [7, 11) is 0. The van der Waals surface area contributed by atoms with E-state index < -0.39 is 0 Å². The van der Waals surface area contributed by atoms with Gasteiger partial charge in [0.1, 0.15) is 0 Å². The predicted octanol–water partition coefficient (Wildman–Crippen LogP) is 2.06. The zero-order chi connectivity index (χ0) is 18.7. The molecule has 1 aromatic rings. The first-order valence-corrected chi connectivity index (χ1v) is 10.3. The molecule has 5 nitrogen and oxygen atoms in total. The molecule has 0 aromatic heterocycles. The zero-order valence-corrected chi connectivity index (χ0v) is 16.4. The second kappa shape index (κ2) is 8.29. The molecule has 3 heterocycles. The third kappa shape index (κ3) is 4.36. The fourth-order valence-electron chi connectivity index (χ4n) is 5.20. The highest BCUT2D eigenvalue weighted by molar-refractivity contribution is 5.73. The number of rotatable bonds is 5. The number of benzene rings is 1. The third-order valence-corrected chi connectivity index (χ3v) is 6.62. The minimum atomic E-state index is 0.223. The van der Waals surface area contributed by atoms with Crippen LogP contribution in [-0.4, -0.2) is 74.9 Å². The molecular formula is C22H32N2O3. The van der Waals surface area contributed by atoms with E-state index in [2.05, 4.69) is 40.1 Å². The number of carbonyl (C=O) groups excluding carboxylic acids is 1. The highest BCUT2D eigenvalue weighted by atomic mass is 16.5. The van der Waals surface area contributed by atoms with E-state index in [1.165, 1.54) is 5.56 Å². The molecule has 3 aliphatic rings. The van der Waals surface area contributed by atoms with Crippen molar-refractivity contribution in [2.75, 3.05) is 59.2 Å². The fourth-order valence-corrected chi connectivity index (χ4v) is 5.20. The first kappa shape index (κ1) is 18.9. The summed E-state index contributed by atoms with van der Waals surface area (Å²) in [6.45, 7) is 9.80. The zero-order valence-electron chi connectivity index (χ0n) is 16.4. The van der Waals surface area contributed by atoms with E-state index in [1.807, 2.05) is 0 Å². The Labute approximate surface area is 162 Å². The molecule has 1 aromatic carbocycles. The van der Waals surface area contributed by atoms with Gasteiger partial charge < -0.3 is 19.3 Å². The first-order chi connectivity index (χ1) is 13.1. The fraction of sp³-hybridized carbons (Fsp3) is 0.682. The normalized spacial score (nSPS) is 29.7. The molecule has 5 heteroatoms. The van der Waals surface area contributed by atoms with Gasteiger partial charge in [-0.3, -0.25) is 4.79 Å². The SMILES string of the molecule is CC(=O)N1C[C@@H]2CN(CC3COCCOC3)C[C@]2(CCc2ccccc2)C1. The van der Waals surface area contributed by atoms with Gasteiger partial charge in [-0.15, -0.1) is 0 Å². The van der Waals surface area contributed by atoms with E-state index in [1.54, 1.807) is 6.92 Å². The summed E-state index contributed by atoms with van der Waals surface area (Å²) in [6.07, 6.45) is 2.24. The van der Waals surface area contributed by atoms with Gasteiger partial charge in [0.05, 0.1) is 26.4 Å². The van der Waals surface area contributed by atoms with Crippen LogP contribution in [0.1, 0.15) is 18.9 Å². The van der Waals surface area contributed by atoms with Gasteiger partial charge >= 0.3 is 0 Å². The summed E-state index contributed by atoms with van der Waals surface area (Å²) in [6, 6.07) is 10.8. The molecule has 0 unspecified atom stereocenters. The topological polar surface area (TPSA) is 42.0 Å². The van der Waals surface area contributed by atoms with Crippen LogP contribution in [0, 0.1) is 17.3 Å². The predicted molar refractivity (Wildman–Crippen MR) is 105 cm³/mol. The van der Waals surface area contributed by atoms with Crippen molar-refractivity contribution in [1.29, 1.82) is 0 Å². The van der Waals surface area contributed by atoms with E-state index in [-0.39, 0.29) is 11.3 Å². The van der Waals surface area contributed by atoms with Crippen LogP contribution < -0.4 is 0 Å². The van der Waals surface area contributed by atoms with E-state index in [9.17, 15) is 4.79 Å². The largest absolute Gasteiger partial charge is 0.379 e. The van der Waals surface area contributed by atoms with Gasteiger partial charge in [0, 0.05) is 51.0 Å². The molecule has 3 fully saturated rings. The number of nitrogens with zero attached hydrogens (tertiary/aromatic N) is 2. The molecule has 0 spiro atoms. The number of aryl methyl sites for hydroxylation is 1. The molecule has 2 atom stereocenters. The van der Waals surface area contributed by atoms with Crippen LogP contribution in [0.2, 0.25) is 0 Å². The van der Waals surface area contributed by atoms with Gasteiger partial charge in [0.2, 0.25) is 5.91 Å². The van der Waals surface area contributed by atoms with Crippen LogP contribution in [0.5, 0.6) is 0 Å². The summed E-state index contributed by atoms with van der Waals surface area (Å²) in [5.74, 6) is 1.26. The Hall–Kier alpha value is -1.43. The molecule has 148 valence electrons. The third-order valence-electron chi connectivity index (χ3n) is 6.62. The Morgan fingerprint density at radius 1 is 1.11 bits per heavy atom. The molecular weight excluding hydrogens is 340 g/mol. The Bertz CT molecular complexity index is 630. The average molecular weight is 373 g/mol. The van der Waals surface area contributed by atoms with Crippen LogP contribution >= 0.6 is 0 Å². The van der Waals surface area contributed by atoms with E-state index in [0.717, 1.165) is 58.8 Å². The van der Waals surface area contributed by atoms with Gasteiger partial charge in [0.25, 0.3) is 0 Å². The molecule has 0 radical (unpaired) electrons. The number of carbonyl (C=O) groups is 1. The van der Waals surface area contributed by atoms with Gasteiger partial charge in [-0.25, -0.2) is 0 Å². The smallest absolute Gasteiger partial charge is 0.219 e. The van der Waals surface area contributed by atoms with Gasteiger partial charge in [-0.05, 0) is 24.3 Å². The standard InChI is InChI=1S/C22H32N2O3/c1-18(25)24-13-21-12-23(11-20-14-26-9-10-27-15-20)16-22(21,17-24)8-7-19-5-3-2-4-6-19/h2-6,20-21H,7-17H2,1H3/t21-,22+/m0/s1. The highest BCUT2D eigenvalue weighted by Gasteiger charge is 2.52. The van der Waals surface area contributed by atoms with Crippen molar-refractivity contribution < 1.29 is 14.3 Å². The van der Waals surface area contributed by atoms with Gasteiger partial charge in [-0.1, -0.05) is 30.3 Å². The van der Waals surface area contributed by atoms with Crippen LogP contribution in [0.4, 0.5) is 0 Å².